The summed E-state index contributed by atoms with van der Waals surface area (Å²) in [6.45, 7) is 2.52. The van der Waals surface area contributed by atoms with Crippen LogP contribution in [0.1, 0.15) is 31.1 Å². The van der Waals surface area contributed by atoms with E-state index in [-0.39, 0.29) is 11.8 Å². The van der Waals surface area contributed by atoms with Gasteiger partial charge < -0.3 is 10.4 Å². The van der Waals surface area contributed by atoms with Crippen LogP contribution in [0.3, 0.4) is 0 Å². The molecule has 4 nitrogen and oxygen atoms in total. The highest BCUT2D eigenvalue weighted by Crippen LogP contribution is 2.38. The molecule has 2 rings (SSSR count). The molecule has 0 aromatic carbocycles. The number of halogens is 1. The maximum Gasteiger partial charge on any atom is 0.307 e. The highest BCUT2D eigenvalue weighted by atomic mass is 79.9. The summed E-state index contributed by atoms with van der Waals surface area (Å²) in [6, 6.07) is 1.96. The first-order chi connectivity index (χ1) is 9.51. The number of rotatable bonds is 5. The fourth-order valence-electron chi connectivity index (χ4n) is 2.79. The van der Waals surface area contributed by atoms with Gasteiger partial charge in [-0.15, -0.1) is 11.3 Å². The van der Waals surface area contributed by atoms with Crippen LogP contribution in [0.15, 0.2) is 15.9 Å². The van der Waals surface area contributed by atoms with E-state index >= 15 is 0 Å². The molecule has 3 unspecified atom stereocenters. The lowest BCUT2D eigenvalue weighted by molar-refractivity contribution is -0.146. The number of carbonyl (C=O) groups excluding carboxylic acids is 1. The van der Waals surface area contributed by atoms with Crippen molar-refractivity contribution in [3.63, 3.8) is 0 Å². The zero-order valence-electron chi connectivity index (χ0n) is 11.3. The van der Waals surface area contributed by atoms with Crippen molar-refractivity contribution in [2.75, 3.05) is 0 Å². The van der Waals surface area contributed by atoms with Crippen LogP contribution in [0.5, 0.6) is 0 Å². The Morgan fingerprint density at radius 3 is 2.70 bits per heavy atom. The van der Waals surface area contributed by atoms with E-state index < -0.39 is 11.9 Å². The Balaban J connectivity index is 1.95. The third-order valence-electron chi connectivity index (χ3n) is 3.95. The SMILES string of the molecule is CCC1CC(C(=O)O)C(C(=O)NCc2cc(Br)cs2)C1. The molecule has 1 saturated carbocycles. The van der Waals surface area contributed by atoms with Crippen molar-refractivity contribution in [3.05, 3.63) is 20.8 Å². The number of nitrogens with one attached hydrogen (secondary N) is 1. The van der Waals surface area contributed by atoms with E-state index in [2.05, 4.69) is 21.2 Å². The Bertz CT molecular complexity index is 502. The Kier molecular flexibility index (Phi) is 5.21. The van der Waals surface area contributed by atoms with E-state index in [9.17, 15) is 14.7 Å². The van der Waals surface area contributed by atoms with E-state index in [0.29, 0.717) is 25.3 Å². The zero-order valence-corrected chi connectivity index (χ0v) is 13.7. The Labute approximate surface area is 130 Å². The average Bonchev–Trinajstić information content (AvgIpc) is 3.02. The van der Waals surface area contributed by atoms with Gasteiger partial charge in [-0.25, -0.2) is 0 Å². The van der Waals surface area contributed by atoms with Crippen LogP contribution in [0.2, 0.25) is 0 Å². The highest BCUT2D eigenvalue weighted by molar-refractivity contribution is 9.10. The monoisotopic (exact) mass is 359 g/mol. The number of hydrogen-bond donors (Lipinski definition) is 2. The largest absolute Gasteiger partial charge is 0.481 e. The smallest absolute Gasteiger partial charge is 0.307 e. The molecule has 1 aromatic heterocycles. The Morgan fingerprint density at radius 2 is 2.15 bits per heavy atom. The Hall–Kier alpha value is -0.880. The molecule has 1 heterocycles. The van der Waals surface area contributed by atoms with E-state index in [1.165, 1.54) is 0 Å². The summed E-state index contributed by atoms with van der Waals surface area (Å²) < 4.78 is 1.00. The number of amides is 1. The Morgan fingerprint density at radius 1 is 1.45 bits per heavy atom. The molecule has 6 heteroatoms. The second-order valence-corrected chi connectivity index (χ2v) is 7.16. The van der Waals surface area contributed by atoms with Crippen molar-refractivity contribution in [1.82, 2.24) is 5.32 Å². The number of thiophene rings is 1. The van der Waals surface area contributed by atoms with E-state index in [4.69, 9.17) is 0 Å². The summed E-state index contributed by atoms with van der Waals surface area (Å²) in [4.78, 5) is 24.5. The molecular weight excluding hydrogens is 342 g/mol. The summed E-state index contributed by atoms with van der Waals surface area (Å²) >= 11 is 4.94. The molecule has 1 aromatic rings. The maximum atomic E-state index is 12.2. The first kappa shape index (κ1) is 15.5. The second-order valence-electron chi connectivity index (χ2n) is 5.25. The van der Waals surface area contributed by atoms with Crippen molar-refractivity contribution in [1.29, 1.82) is 0 Å². The fourth-order valence-corrected chi connectivity index (χ4v) is 4.18. The summed E-state index contributed by atoms with van der Waals surface area (Å²) in [5.41, 5.74) is 0. The lowest BCUT2D eigenvalue weighted by Crippen LogP contribution is -2.34. The van der Waals surface area contributed by atoms with Crippen LogP contribution >= 0.6 is 27.3 Å². The first-order valence-corrected chi connectivity index (χ1v) is 8.42. The zero-order chi connectivity index (χ0) is 14.7. The molecule has 0 aliphatic heterocycles. The topological polar surface area (TPSA) is 66.4 Å². The van der Waals surface area contributed by atoms with Gasteiger partial charge in [0, 0.05) is 14.7 Å². The van der Waals surface area contributed by atoms with Gasteiger partial charge in [-0.2, -0.15) is 0 Å². The van der Waals surface area contributed by atoms with Crippen LogP contribution in [0.25, 0.3) is 0 Å². The van der Waals surface area contributed by atoms with Crippen molar-refractivity contribution < 1.29 is 14.7 Å². The molecule has 1 aliphatic carbocycles. The summed E-state index contributed by atoms with van der Waals surface area (Å²) in [5.74, 6) is -1.54. The van der Waals surface area contributed by atoms with Gasteiger partial charge in [-0.1, -0.05) is 13.3 Å². The van der Waals surface area contributed by atoms with Gasteiger partial charge in [-0.05, 0) is 40.8 Å². The molecule has 1 amide bonds. The molecule has 1 fully saturated rings. The van der Waals surface area contributed by atoms with E-state index in [0.717, 1.165) is 15.8 Å². The molecule has 0 radical (unpaired) electrons. The predicted octanol–water partition coefficient (Wildman–Crippen LogP) is 3.26. The molecule has 20 heavy (non-hydrogen) atoms. The first-order valence-electron chi connectivity index (χ1n) is 6.74. The van der Waals surface area contributed by atoms with E-state index in [1.54, 1.807) is 11.3 Å². The average molecular weight is 360 g/mol. The molecular formula is C14H18BrNO3S. The van der Waals surface area contributed by atoms with Gasteiger partial charge in [0.25, 0.3) is 0 Å². The number of aliphatic carboxylic acids is 1. The van der Waals surface area contributed by atoms with Gasteiger partial charge in [-0.3, -0.25) is 9.59 Å². The van der Waals surface area contributed by atoms with Crippen LogP contribution in [-0.2, 0) is 16.1 Å². The fraction of sp³-hybridized carbons (Fsp3) is 0.571. The minimum atomic E-state index is -0.847. The van der Waals surface area contributed by atoms with Crippen LogP contribution in [0, 0.1) is 17.8 Å². The lowest BCUT2D eigenvalue weighted by atomic mass is 9.95. The quantitative estimate of drug-likeness (QED) is 0.847. The van der Waals surface area contributed by atoms with Crippen molar-refractivity contribution >= 4 is 39.1 Å². The van der Waals surface area contributed by atoms with Gasteiger partial charge in [0.2, 0.25) is 5.91 Å². The van der Waals surface area contributed by atoms with Gasteiger partial charge in [0.1, 0.15) is 0 Å². The predicted molar refractivity (Wildman–Crippen MR) is 81.5 cm³/mol. The van der Waals surface area contributed by atoms with Gasteiger partial charge in [0.15, 0.2) is 0 Å². The summed E-state index contributed by atoms with van der Waals surface area (Å²) in [5, 5.41) is 14.1. The van der Waals surface area contributed by atoms with Crippen molar-refractivity contribution in [2.24, 2.45) is 17.8 Å². The second kappa shape index (κ2) is 6.72. The van der Waals surface area contributed by atoms with Crippen LogP contribution in [-0.4, -0.2) is 17.0 Å². The summed E-state index contributed by atoms with van der Waals surface area (Å²) in [6.07, 6.45) is 2.24. The van der Waals surface area contributed by atoms with Crippen molar-refractivity contribution in [3.8, 4) is 0 Å². The standard InChI is InChI=1S/C14H18BrNO3S/c1-2-8-3-11(12(4-8)14(18)19)13(17)16-6-10-5-9(15)7-20-10/h5,7-8,11-12H,2-4,6H2,1H3,(H,16,17)(H,18,19). The van der Waals surface area contributed by atoms with Crippen LogP contribution in [0.4, 0.5) is 0 Å². The van der Waals surface area contributed by atoms with E-state index in [1.807, 2.05) is 18.4 Å². The van der Waals surface area contributed by atoms with Crippen molar-refractivity contribution in [2.45, 2.75) is 32.7 Å². The number of hydrogen-bond acceptors (Lipinski definition) is 3. The lowest BCUT2D eigenvalue weighted by Gasteiger charge is -2.15. The molecule has 0 spiro atoms. The van der Waals surface area contributed by atoms with Gasteiger partial charge in [0.05, 0.1) is 18.4 Å². The maximum absolute atomic E-state index is 12.2. The molecule has 110 valence electrons. The number of carboxylic acids is 1. The molecule has 3 atom stereocenters. The van der Waals surface area contributed by atoms with Gasteiger partial charge >= 0.3 is 5.97 Å². The third kappa shape index (κ3) is 3.61. The highest BCUT2D eigenvalue weighted by Gasteiger charge is 2.41. The normalized spacial score (nSPS) is 25.6. The molecule has 0 saturated heterocycles. The number of carbonyl (C=O) groups is 2. The molecule has 1 aliphatic rings. The van der Waals surface area contributed by atoms with Crippen LogP contribution < -0.4 is 5.32 Å². The number of carboxylic acid groups (broad SMARTS) is 1. The minimum absolute atomic E-state index is 0.127. The summed E-state index contributed by atoms with van der Waals surface area (Å²) in [7, 11) is 0. The minimum Gasteiger partial charge on any atom is -0.481 e. The molecule has 0 bridgehead atoms. The third-order valence-corrected chi connectivity index (χ3v) is 5.65. The molecule has 2 N–H and O–H groups in total.